The summed E-state index contributed by atoms with van der Waals surface area (Å²) in [5, 5.41) is 5.57. The Hall–Kier alpha value is -7.13. The van der Waals surface area contributed by atoms with Crippen molar-refractivity contribution in [2.24, 2.45) is 0 Å². The average Bonchev–Trinajstić information content (AvgIpc) is 3.97. The summed E-state index contributed by atoms with van der Waals surface area (Å²) < 4.78 is 10.8. The van der Waals surface area contributed by atoms with Crippen molar-refractivity contribution >= 4 is 85.1 Å². The van der Waals surface area contributed by atoms with Crippen LogP contribution in [0.4, 0.5) is 0 Å². The summed E-state index contributed by atoms with van der Waals surface area (Å²) >= 11 is 3.52. The molecular formula is C49H27N5OS2. The molecule has 8 heteroatoms. The van der Waals surface area contributed by atoms with Gasteiger partial charge in [-0.05, 0) is 54.6 Å². The lowest BCUT2D eigenvalue weighted by atomic mass is 10.1. The minimum absolute atomic E-state index is 0.608. The Bertz CT molecular complexity index is 3540. The Kier molecular flexibility index (Phi) is 7.17. The standard InChI is InChI=1S/C49H27N5OS2/c1-3-11-28(12-4-1)43-45-44(35-16-8-10-18-40(35)57-45)51-47(50-43)32-19-22-34-37-26-31(21-24-41(37)56-42(34)27-32)49-53-46(29-13-5-2-6-14-29)52-48(54-49)30-20-23-39-36(25-30)33-15-7-9-17-38(33)55-39/h1-27H. The van der Waals surface area contributed by atoms with Gasteiger partial charge in [-0.2, -0.15) is 0 Å². The minimum atomic E-state index is 0.608. The van der Waals surface area contributed by atoms with Crippen molar-refractivity contribution in [3.63, 3.8) is 0 Å². The van der Waals surface area contributed by atoms with Crippen LogP contribution in [0.1, 0.15) is 0 Å². The number of para-hydroxylation sites is 1. The summed E-state index contributed by atoms with van der Waals surface area (Å²) in [4.78, 5) is 25.6. The van der Waals surface area contributed by atoms with Crippen LogP contribution in [-0.4, -0.2) is 24.9 Å². The number of nitrogens with zero attached hydrogens (tertiary/aromatic N) is 5. The highest BCUT2D eigenvalue weighted by atomic mass is 32.1. The zero-order chi connectivity index (χ0) is 37.5. The van der Waals surface area contributed by atoms with Crippen molar-refractivity contribution in [1.29, 1.82) is 0 Å². The Morgan fingerprint density at radius 3 is 1.72 bits per heavy atom. The molecule has 0 N–H and O–H groups in total. The van der Waals surface area contributed by atoms with Gasteiger partial charge in [0, 0.05) is 68.8 Å². The molecule has 0 aliphatic rings. The Morgan fingerprint density at radius 1 is 0.333 bits per heavy atom. The quantitative estimate of drug-likeness (QED) is 0.174. The van der Waals surface area contributed by atoms with Crippen molar-refractivity contribution in [3.05, 3.63) is 164 Å². The molecule has 0 radical (unpaired) electrons. The van der Waals surface area contributed by atoms with E-state index in [-0.39, 0.29) is 0 Å². The molecule has 0 bridgehead atoms. The van der Waals surface area contributed by atoms with Crippen molar-refractivity contribution in [1.82, 2.24) is 24.9 Å². The number of hydrogen-bond acceptors (Lipinski definition) is 8. The number of furan rings is 1. The summed E-state index contributed by atoms with van der Waals surface area (Å²) in [6.45, 7) is 0. The van der Waals surface area contributed by atoms with Crippen LogP contribution in [0.3, 0.4) is 0 Å². The fourth-order valence-electron chi connectivity index (χ4n) is 7.78. The lowest BCUT2D eigenvalue weighted by Crippen LogP contribution is -2.00. The zero-order valence-corrected chi connectivity index (χ0v) is 31.7. The van der Waals surface area contributed by atoms with Crippen molar-refractivity contribution < 1.29 is 4.42 Å². The van der Waals surface area contributed by atoms with E-state index in [2.05, 4.69) is 97.1 Å². The van der Waals surface area contributed by atoms with Crippen LogP contribution in [0.25, 0.3) is 119 Å². The molecule has 0 saturated heterocycles. The summed E-state index contributed by atoms with van der Waals surface area (Å²) in [5.41, 5.74) is 8.46. The van der Waals surface area contributed by atoms with Gasteiger partial charge < -0.3 is 4.42 Å². The second-order valence-electron chi connectivity index (χ2n) is 14.0. The van der Waals surface area contributed by atoms with Gasteiger partial charge in [-0.1, -0.05) is 109 Å². The fourth-order valence-corrected chi connectivity index (χ4v) is 10.1. The molecule has 0 saturated carbocycles. The third-order valence-corrected chi connectivity index (χ3v) is 12.9. The third kappa shape index (κ3) is 5.33. The Labute approximate surface area is 333 Å². The first-order chi connectivity index (χ1) is 28.2. The van der Waals surface area contributed by atoms with E-state index in [4.69, 9.17) is 29.3 Å². The predicted octanol–water partition coefficient (Wildman–Crippen LogP) is 13.6. The van der Waals surface area contributed by atoms with Gasteiger partial charge in [0.25, 0.3) is 0 Å². The number of rotatable bonds is 5. The van der Waals surface area contributed by atoms with E-state index in [0.29, 0.717) is 17.5 Å². The van der Waals surface area contributed by atoms with Gasteiger partial charge in [0.15, 0.2) is 23.3 Å². The van der Waals surface area contributed by atoms with Gasteiger partial charge in [0.1, 0.15) is 11.2 Å². The molecule has 6 nitrogen and oxygen atoms in total. The van der Waals surface area contributed by atoms with Crippen LogP contribution in [0, 0.1) is 0 Å². The number of thiophene rings is 2. The summed E-state index contributed by atoms with van der Waals surface area (Å²) in [6.07, 6.45) is 0. The fraction of sp³-hybridized carbons (Fsp3) is 0. The molecule has 0 atom stereocenters. The normalized spacial score (nSPS) is 11.9. The Morgan fingerprint density at radius 2 is 0.912 bits per heavy atom. The molecule has 12 rings (SSSR count). The number of aromatic nitrogens is 5. The maximum atomic E-state index is 6.12. The molecule has 7 aromatic carbocycles. The van der Waals surface area contributed by atoms with Gasteiger partial charge in [-0.3, -0.25) is 0 Å². The molecular weight excluding hydrogens is 739 g/mol. The molecule has 5 heterocycles. The molecule has 0 aliphatic carbocycles. The van der Waals surface area contributed by atoms with Gasteiger partial charge >= 0.3 is 0 Å². The molecule has 0 aliphatic heterocycles. The third-order valence-electron chi connectivity index (χ3n) is 10.6. The predicted molar refractivity (Wildman–Crippen MR) is 236 cm³/mol. The minimum Gasteiger partial charge on any atom is -0.456 e. The summed E-state index contributed by atoms with van der Waals surface area (Å²) in [5.74, 6) is 2.57. The lowest BCUT2D eigenvalue weighted by molar-refractivity contribution is 0.669. The van der Waals surface area contributed by atoms with Crippen LogP contribution in [-0.2, 0) is 0 Å². The molecule has 12 aromatic rings. The first kappa shape index (κ1) is 32.1. The summed E-state index contributed by atoms with van der Waals surface area (Å²) in [7, 11) is 0. The van der Waals surface area contributed by atoms with E-state index in [1.54, 1.807) is 22.7 Å². The maximum absolute atomic E-state index is 6.12. The van der Waals surface area contributed by atoms with Crippen LogP contribution in [0.5, 0.6) is 0 Å². The number of hydrogen-bond donors (Lipinski definition) is 0. The zero-order valence-electron chi connectivity index (χ0n) is 30.0. The van der Waals surface area contributed by atoms with E-state index in [1.807, 2.05) is 66.7 Å². The lowest BCUT2D eigenvalue weighted by Gasteiger charge is -2.09. The maximum Gasteiger partial charge on any atom is 0.164 e. The number of fused-ring (bicyclic) bond motifs is 9. The van der Waals surface area contributed by atoms with Crippen LogP contribution in [0.2, 0.25) is 0 Å². The van der Waals surface area contributed by atoms with E-state index >= 15 is 0 Å². The monoisotopic (exact) mass is 765 g/mol. The van der Waals surface area contributed by atoms with E-state index in [0.717, 1.165) is 82.3 Å². The SMILES string of the molecule is c1ccc(-c2nc(-c3ccc4oc5ccccc5c4c3)nc(-c3ccc4sc5cc(-c6nc(-c7ccccc7)c7sc8ccccc8c7n6)ccc5c4c3)n2)cc1. The molecule has 0 spiro atoms. The van der Waals surface area contributed by atoms with Crippen LogP contribution < -0.4 is 0 Å². The van der Waals surface area contributed by atoms with E-state index in [1.165, 1.54) is 19.5 Å². The average molecular weight is 766 g/mol. The second-order valence-corrected chi connectivity index (χ2v) is 16.2. The van der Waals surface area contributed by atoms with Crippen molar-refractivity contribution in [2.45, 2.75) is 0 Å². The molecule has 266 valence electrons. The molecule has 0 amide bonds. The smallest absolute Gasteiger partial charge is 0.164 e. The Balaban J connectivity index is 0.989. The number of benzene rings is 7. The highest BCUT2D eigenvalue weighted by Gasteiger charge is 2.19. The second kappa shape index (κ2) is 12.7. The molecule has 0 fully saturated rings. The van der Waals surface area contributed by atoms with Crippen molar-refractivity contribution in [3.8, 4) is 56.8 Å². The molecule has 57 heavy (non-hydrogen) atoms. The molecule has 0 unspecified atom stereocenters. The van der Waals surface area contributed by atoms with Crippen LogP contribution in [0.15, 0.2) is 168 Å². The van der Waals surface area contributed by atoms with Gasteiger partial charge in [-0.25, -0.2) is 24.9 Å². The van der Waals surface area contributed by atoms with Gasteiger partial charge in [0.05, 0.1) is 15.9 Å². The van der Waals surface area contributed by atoms with Gasteiger partial charge in [0.2, 0.25) is 0 Å². The highest BCUT2D eigenvalue weighted by Crippen LogP contribution is 2.42. The largest absolute Gasteiger partial charge is 0.456 e. The highest BCUT2D eigenvalue weighted by molar-refractivity contribution is 7.26. The van der Waals surface area contributed by atoms with Crippen molar-refractivity contribution in [2.75, 3.05) is 0 Å². The van der Waals surface area contributed by atoms with Crippen LogP contribution >= 0.6 is 22.7 Å². The molecule has 5 aromatic heterocycles. The van der Waals surface area contributed by atoms with E-state index in [9.17, 15) is 0 Å². The first-order valence-electron chi connectivity index (χ1n) is 18.7. The summed E-state index contributed by atoms with van der Waals surface area (Å²) in [6, 6.07) is 56.3. The topological polar surface area (TPSA) is 77.6 Å². The first-order valence-corrected chi connectivity index (χ1v) is 20.3. The van der Waals surface area contributed by atoms with Gasteiger partial charge in [-0.15, -0.1) is 22.7 Å². The van der Waals surface area contributed by atoms with E-state index < -0.39 is 0 Å².